The first-order valence-electron chi connectivity index (χ1n) is 7.36. The summed E-state index contributed by atoms with van der Waals surface area (Å²) in [5, 5.41) is 6.29. The van der Waals surface area contributed by atoms with E-state index in [2.05, 4.69) is 26.1 Å². The second-order valence-corrected chi connectivity index (χ2v) is 6.64. The molecule has 0 radical (unpaired) electrons. The van der Waals surface area contributed by atoms with Gasteiger partial charge in [0, 0.05) is 29.3 Å². The Hall–Kier alpha value is -2.12. The van der Waals surface area contributed by atoms with E-state index in [0.717, 1.165) is 15.6 Å². The molecule has 1 atom stereocenters. The minimum Gasteiger partial charge on any atom is -0.480 e. The summed E-state index contributed by atoms with van der Waals surface area (Å²) in [4.78, 5) is 11.2. The van der Waals surface area contributed by atoms with Crippen LogP contribution < -0.4 is 15.0 Å². The number of nitrogens with one attached hydrogen (secondary N) is 1. The number of ether oxygens (including phenoxy) is 3. The van der Waals surface area contributed by atoms with Gasteiger partial charge in [-0.15, -0.1) is 5.10 Å². The van der Waals surface area contributed by atoms with E-state index in [1.54, 1.807) is 7.11 Å². The molecule has 1 aliphatic heterocycles. The fraction of sp³-hybridized carbons (Fsp3) is 0.294. The predicted molar refractivity (Wildman–Crippen MR) is 93.1 cm³/mol. The highest BCUT2D eigenvalue weighted by atomic mass is 79.9. The minimum absolute atomic E-state index is 0.285. The third kappa shape index (κ3) is 3.09. The molecule has 0 amide bonds. The zero-order chi connectivity index (χ0) is 17.3. The third-order valence-electron chi connectivity index (χ3n) is 3.94. The molecule has 0 spiro atoms. The van der Waals surface area contributed by atoms with Gasteiger partial charge >= 0.3 is 0 Å². The van der Waals surface area contributed by atoms with Crippen LogP contribution in [0.25, 0.3) is 5.76 Å². The van der Waals surface area contributed by atoms with Gasteiger partial charge in [-0.1, -0.05) is 15.9 Å². The molecule has 2 aromatic rings. The molecule has 0 saturated heterocycles. The summed E-state index contributed by atoms with van der Waals surface area (Å²) in [5.41, 5.74) is 0.742. The van der Waals surface area contributed by atoms with E-state index >= 15 is 0 Å². The minimum atomic E-state index is -0.660. The summed E-state index contributed by atoms with van der Waals surface area (Å²) in [7, 11) is 1.63. The van der Waals surface area contributed by atoms with Gasteiger partial charge in [-0.25, -0.2) is 5.10 Å². The summed E-state index contributed by atoms with van der Waals surface area (Å²) in [6.07, 6.45) is 0. The summed E-state index contributed by atoms with van der Waals surface area (Å²) in [5.74, 6) is 1.64. The number of aromatic nitrogens is 2. The first-order chi connectivity index (χ1) is 11.4. The van der Waals surface area contributed by atoms with Gasteiger partial charge in [-0.05, 0) is 32.0 Å². The lowest BCUT2D eigenvalue weighted by atomic mass is 9.91. The fourth-order valence-corrected chi connectivity index (χ4v) is 2.93. The molecule has 1 aromatic heterocycles. The molecule has 3 rings (SSSR count). The number of benzene rings is 1. The first kappa shape index (κ1) is 16.7. The normalized spacial score (nSPS) is 19.7. The molecule has 6 nitrogen and oxygen atoms in total. The molecule has 0 aliphatic carbocycles. The maximum atomic E-state index is 11.2. The SMILES string of the molecule is COCC1(C)Oc2ccc(Br)cc2C(Oc2ccc(=O)[nH]n2)=C1C. The van der Waals surface area contributed by atoms with Crippen LogP contribution in [0, 0.1) is 0 Å². The number of rotatable bonds is 4. The van der Waals surface area contributed by atoms with E-state index in [1.165, 1.54) is 12.1 Å². The second-order valence-electron chi connectivity index (χ2n) is 5.72. The van der Waals surface area contributed by atoms with Crippen molar-refractivity contribution >= 4 is 21.7 Å². The first-order valence-corrected chi connectivity index (χ1v) is 8.15. The number of hydrogen-bond donors (Lipinski definition) is 1. The molecule has 1 unspecified atom stereocenters. The number of H-pyrrole nitrogens is 1. The number of fused-ring (bicyclic) bond motifs is 1. The molecule has 1 aliphatic rings. The van der Waals surface area contributed by atoms with Gasteiger partial charge in [0.05, 0.1) is 12.2 Å². The number of methoxy groups -OCH3 is 1. The van der Waals surface area contributed by atoms with Gasteiger partial charge in [-0.3, -0.25) is 4.79 Å². The van der Waals surface area contributed by atoms with Crippen molar-refractivity contribution in [2.75, 3.05) is 13.7 Å². The van der Waals surface area contributed by atoms with Gasteiger partial charge in [0.1, 0.15) is 11.5 Å². The van der Waals surface area contributed by atoms with Crippen LogP contribution in [0.2, 0.25) is 0 Å². The van der Waals surface area contributed by atoms with Crippen molar-refractivity contribution in [2.24, 2.45) is 0 Å². The summed E-state index contributed by atoms with van der Waals surface area (Å²) >= 11 is 3.47. The maximum Gasteiger partial charge on any atom is 0.264 e. The predicted octanol–water partition coefficient (Wildman–Crippen LogP) is 3.14. The van der Waals surface area contributed by atoms with Crippen molar-refractivity contribution in [3.8, 4) is 11.6 Å². The number of nitrogens with zero attached hydrogens (tertiary/aromatic N) is 1. The third-order valence-corrected chi connectivity index (χ3v) is 4.43. The van der Waals surface area contributed by atoms with Gasteiger partial charge < -0.3 is 14.2 Å². The second kappa shape index (κ2) is 6.41. The topological polar surface area (TPSA) is 73.4 Å². The van der Waals surface area contributed by atoms with Crippen molar-refractivity contribution in [3.05, 3.63) is 56.3 Å². The Morgan fingerprint density at radius 1 is 1.33 bits per heavy atom. The standard InChI is InChI=1S/C17H17BrN2O4/c1-10-16(23-15-7-6-14(21)19-20-15)12-8-11(18)4-5-13(12)24-17(10,2)9-22-3/h4-8H,9H2,1-3H3,(H,19,21). The van der Waals surface area contributed by atoms with E-state index in [0.29, 0.717) is 24.0 Å². The monoisotopic (exact) mass is 392 g/mol. The van der Waals surface area contributed by atoms with E-state index in [4.69, 9.17) is 14.2 Å². The van der Waals surface area contributed by atoms with Crippen LogP contribution in [-0.4, -0.2) is 29.5 Å². The lowest BCUT2D eigenvalue weighted by Crippen LogP contribution is -2.42. The average molecular weight is 393 g/mol. The Labute approximate surface area is 147 Å². The van der Waals surface area contributed by atoms with Crippen molar-refractivity contribution in [3.63, 3.8) is 0 Å². The Morgan fingerprint density at radius 3 is 2.79 bits per heavy atom. The smallest absolute Gasteiger partial charge is 0.264 e. The molecule has 7 heteroatoms. The van der Waals surface area contributed by atoms with Crippen LogP contribution in [0.15, 0.2) is 45.2 Å². The summed E-state index contributed by atoms with van der Waals surface area (Å²) in [6.45, 7) is 4.25. The number of hydrogen-bond acceptors (Lipinski definition) is 5. The summed E-state index contributed by atoms with van der Waals surface area (Å²) in [6, 6.07) is 8.60. The molecule has 0 fully saturated rings. The number of aromatic amines is 1. The van der Waals surface area contributed by atoms with Crippen LogP contribution in [0.4, 0.5) is 0 Å². The highest BCUT2D eigenvalue weighted by Crippen LogP contribution is 2.42. The van der Waals surface area contributed by atoms with Gasteiger partial charge in [-0.2, -0.15) is 0 Å². The zero-order valence-corrected chi connectivity index (χ0v) is 15.1. The van der Waals surface area contributed by atoms with Crippen LogP contribution >= 0.6 is 15.9 Å². The average Bonchev–Trinajstić information content (AvgIpc) is 2.55. The largest absolute Gasteiger partial charge is 0.480 e. The van der Waals surface area contributed by atoms with Gasteiger partial charge in [0.2, 0.25) is 5.88 Å². The fourth-order valence-electron chi connectivity index (χ4n) is 2.57. The Balaban J connectivity index is 2.11. The van der Waals surface area contributed by atoms with E-state index < -0.39 is 5.60 Å². The van der Waals surface area contributed by atoms with E-state index in [9.17, 15) is 4.79 Å². The van der Waals surface area contributed by atoms with Crippen molar-refractivity contribution in [1.82, 2.24) is 10.2 Å². The molecule has 0 bridgehead atoms. The molecule has 1 aromatic carbocycles. The van der Waals surface area contributed by atoms with E-state index in [-0.39, 0.29) is 5.56 Å². The molecule has 24 heavy (non-hydrogen) atoms. The molecule has 1 N–H and O–H groups in total. The van der Waals surface area contributed by atoms with Gasteiger partial charge in [0.25, 0.3) is 5.56 Å². The Morgan fingerprint density at radius 2 is 2.12 bits per heavy atom. The van der Waals surface area contributed by atoms with Crippen LogP contribution in [0.1, 0.15) is 19.4 Å². The lowest BCUT2D eigenvalue weighted by molar-refractivity contribution is 0.0269. The van der Waals surface area contributed by atoms with Crippen LogP contribution in [0.5, 0.6) is 11.6 Å². The molecular weight excluding hydrogens is 376 g/mol. The summed E-state index contributed by atoms with van der Waals surface area (Å²) < 4.78 is 18.4. The zero-order valence-electron chi connectivity index (χ0n) is 13.6. The quantitative estimate of drug-likeness (QED) is 0.864. The molecule has 126 valence electrons. The highest BCUT2D eigenvalue weighted by molar-refractivity contribution is 9.10. The Kier molecular flexibility index (Phi) is 4.47. The van der Waals surface area contributed by atoms with Crippen LogP contribution in [0.3, 0.4) is 0 Å². The van der Waals surface area contributed by atoms with Crippen LogP contribution in [-0.2, 0) is 4.74 Å². The molecule has 2 heterocycles. The molecule has 0 saturated carbocycles. The highest BCUT2D eigenvalue weighted by Gasteiger charge is 2.38. The maximum absolute atomic E-state index is 11.2. The van der Waals surface area contributed by atoms with E-state index in [1.807, 2.05) is 32.0 Å². The van der Waals surface area contributed by atoms with Crippen molar-refractivity contribution in [2.45, 2.75) is 19.4 Å². The number of halogens is 1. The van der Waals surface area contributed by atoms with Gasteiger partial charge in [0.15, 0.2) is 5.60 Å². The molecular formula is C17H17BrN2O4. The Bertz CT molecular complexity index is 841. The van der Waals surface area contributed by atoms with Crippen molar-refractivity contribution in [1.29, 1.82) is 0 Å². The van der Waals surface area contributed by atoms with Crippen molar-refractivity contribution < 1.29 is 14.2 Å². The lowest BCUT2D eigenvalue weighted by Gasteiger charge is -2.37.